The molecule has 0 saturated carbocycles. The summed E-state index contributed by atoms with van der Waals surface area (Å²) in [5.41, 5.74) is 12.9. The first kappa shape index (κ1) is 15.6. The van der Waals surface area contributed by atoms with Crippen molar-refractivity contribution >= 4 is 17.3 Å². The van der Waals surface area contributed by atoms with Gasteiger partial charge in [0.25, 0.3) is 5.91 Å². The average Bonchev–Trinajstić information content (AvgIpc) is 2.46. The highest BCUT2D eigenvalue weighted by atomic mass is 16.1. The molecule has 1 aliphatic rings. The summed E-state index contributed by atoms with van der Waals surface area (Å²) < 4.78 is 0. The molecule has 0 radical (unpaired) electrons. The van der Waals surface area contributed by atoms with Gasteiger partial charge in [0.2, 0.25) is 0 Å². The number of rotatable bonds is 6. The van der Waals surface area contributed by atoms with Crippen molar-refractivity contribution in [1.29, 1.82) is 0 Å². The van der Waals surface area contributed by atoms with E-state index in [1.165, 1.54) is 25.8 Å². The van der Waals surface area contributed by atoms with Gasteiger partial charge in [-0.05, 0) is 44.9 Å². The monoisotopic (exact) mass is 290 g/mol. The van der Waals surface area contributed by atoms with E-state index in [4.69, 9.17) is 11.5 Å². The average molecular weight is 290 g/mol. The van der Waals surface area contributed by atoms with Crippen LogP contribution in [0.5, 0.6) is 0 Å². The SMILES string of the molecule is CC1CCCCN1CCCNc1cccc(C(N)=O)c1N. The van der Waals surface area contributed by atoms with Crippen molar-refractivity contribution in [3.63, 3.8) is 0 Å². The van der Waals surface area contributed by atoms with Crippen LogP contribution in [0.15, 0.2) is 18.2 Å². The Hall–Kier alpha value is -1.75. The van der Waals surface area contributed by atoms with Crippen LogP contribution in [0, 0.1) is 0 Å². The number of nitrogens with one attached hydrogen (secondary N) is 1. The number of amides is 1. The fraction of sp³-hybridized carbons (Fsp3) is 0.562. The molecule has 5 nitrogen and oxygen atoms in total. The quantitative estimate of drug-likeness (QED) is 0.553. The van der Waals surface area contributed by atoms with Crippen molar-refractivity contribution in [1.82, 2.24) is 4.90 Å². The number of piperidine rings is 1. The largest absolute Gasteiger partial charge is 0.396 e. The highest BCUT2D eigenvalue weighted by molar-refractivity contribution is 6.00. The highest BCUT2D eigenvalue weighted by Crippen LogP contribution is 2.22. The van der Waals surface area contributed by atoms with E-state index in [0.29, 0.717) is 17.3 Å². The zero-order chi connectivity index (χ0) is 15.2. The highest BCUT2D eigenvalue weighted by Gasteiger charge is 2.17. The molecule has 1 unspecified atom stereocenters. The molecule has 116 valence electrons. The van der Waals surface area contributed by atoms with Crippen molar-refractivity contribution < 1.29 is 4.79 Å². The topological polar surface area (TPSA) is 84.4 Å². The number of nitrogens with two attached hydrogens (primary N) is 2. The number of nitrogen functional groups attached to an aromatic ring is 1. The number of para-hydroxylation sites is 1. The minimum Gasteiger partial charge on any atom is -0.396 e. The van der Waals surface area contributed by atoms with Crippen molar-refractivity contribution in [3.8, 4) is 0 Å². The van der Waals surface area contributed by atoms with E-state index in [9.17, 15) is 4.79 Å². The Kier molecular flexibility index (Phi) is 5.44. The van der Waals surface area contributed by atoms with Crippen LogP contribution >= 0.6 is 0 Å². The zero-order valence-corrected chi connectivity index (χ0v) is 12.8. The number of anilines is 2. The predicted octanol–water partition coefficient (Wildman–Crippen LogP) is 2.04. The molecule has 1 aromatic carbocycles. The number of carbonyl (C=O) groups is 1. The minimum absolute atomic E-state index is 0.379. The molecule has 21 heavy (non-hydrogen) atoms. The number of benzene rings is 1. The fourth-order valence-electron chi connectivity index (χ4n) is 2.93. The summed E-state index contributed by atoms with van der Waals surface area (Å²) >= 11 is 0. The van der Waals surface area contributed by atoms with E-state index in [1.807, 2.05) is 6.07 Å². The van der Waals surface area contributed by atoms with Crippen molar-refractivity contribution in [3.05, 3.63) is 23.8 Å². The number of primary amides is 1. The second kappa shape index (κ2) is 7.31. The van der Waals surface area contributed by atoms with E-state index in [0.717, 1.165) is 25.2 Å². The van der Waals surface area contributed by atoms with Crippen LogP contribution in [-0.2, 0) is 0 Å². The predicted molar refractivity (Wildman–Crippen MR) is 87.4 cm³/mol. The molecule has 2 rings (SSSR count). The molecule has 1 saturated heterocycles. The summed E-state index contributed by atoms with van der Waals surface area (Å²) in [5.74, 6) is -0.488. The Morgan fingerprint density at radius 2 is 2.24 bits per heavy atom. The van der Waals surface area contributed by atoms with E-state index in [-0.39, 0.29) is 0 Å². The van der Waals surface area contributed by atoms with Gasteiger partial charge >= 0.3 is 0 Å². The Morgan fingerprint density at radius 1 is 1.43 bits per heavy atom. The van der Waals surface area contributed by atoms with Gasteiger partial charge in [-0.1, -0.05) is 12.5 Å². The number of nitrogens with zero attached hydrogens (tertiary/aromatic N) is 1. The molecule has 0 spiro atoms. The summed E-state index contributed by atoms with van der Waals surface area (Å²) in [4.78, 5) is 13.8. The molecule has 0 aromatic heterocycles. The number of carbonyl (C=O) groups excluding carboxylic acids is 1. The molecule has 1 atom stereocenters. The smallest absolute Gasteiger partial charge is 0.250 e. The van der Waals surface area contributed by atoms with Crippen LogP contribution in [0.1, 0.15) is 43.0 Å². The van der Waals surface area contributed by atoms with E-state index in [1.54, 1.807) is 12.1 Å². The van der Waals surface area contributed by atoms with Gasteiger partial charge in [-0.2, -0.15) is 0 Å². The van der Waals surface area contributed by atoms with Crippen LogP contribution in [0.25, 0.3) is 0 Å². The lowest BCUT2D eigenvalue weighted by Crippen LogP contribution is -2.38. The Balaban J connectivity index is 1.81. The molecule has 0 bridgehead atoms. The second-order valence-corrected chi connectivity index (χ2v) is 5.79. The molecule has 1 aromatic rings. The van der Waals surface area contributed by atoms with Crippen LogP contribution < -0.4 is 16.8 Å². The molecule has 1 aliphatic heterocycles. The molecule has 1 fully saturated rings. The third kappa shape index (κ3) is 4.11. The first-order chi connectivity index (χ1) is 10.1. The first-order valence-corrected chi connectivity index (χ1v) is 7.76. The van der Waals surface area contributed by atoms with Gasteiger partial charge in [0, 0.05) is 19.1 Å². The number of hydrogen-bond donors (Lipinski definition) is 3. The first-order valence-electron chi connectivity index (χ1n) is 7.76. The van der Waals surface area contributed by atoms with Gasteiger partial charge in [-0.25, -0.2) is 0 Å². The lowest BCUT2D eigenvalue weighted by atomic mass is 10.0. The maximum atomic E-state index is 11.3. The molecule has 5 heteroatoms. The summed E-state index contributed by atoms with van der Waals surface area (Å²) in [7, 11) is 0. The van der Waals surface area contributed by atoms with Crippen molar-refractivity contribution in [2.45, 2.75) is 38.6 Å². The fourth-order valence-corrected chi connectivity index (χ4v) is 2.93. The van der Waals surface area contributed by atoms with Gasteiger partial charge in [0.15, 0.2) is 0 Å². The van der Waals surface area contributed by atoms with E-state index < -0.39 is 5.91 Å². The third-order valence-corrected chi connectivity index (χ3v) is 4.25. The summed E-state index contributed by atoms with van der Waals surface area (Å²) in [6.45, 7) is 5.46. The Morgan fingerprint density at radius 3 is 2.95 bits per heavy atom. The van der Waals surface area contributed by atoms with Gasteiger partial charge in [-0.3, -0.25) is 4.79 Å². The lowest BCUT2D eigenvalue weighted by Gasteiger charge is -2.33. The molecule has 1 amide bonds. The summed E-state index contributed by atoms with van der Waals surface area (Å²) in [6.07, 6.45) is 5.03. The molecule has 5 N–H and O–H groups in total. The maximum absolute atomic E-state index is 11.3. The van der Waals surface area contributed by atoms with Crippen molar-refractivity contribution in [2.75, 3.05) is 30.7 Å². The normalized spacial score (nSPS) is 19.4. The Bertz CT molecular complexity index is 489. The number of likely N-dealkylation sites (tertiary alicyclic amines) is 1. The molecule has 1 heterocycles. The summed E-state index contributed by atoms with van der Waals surface area (Å²) in [5, 5.41) is 3.30. The van der Waals surface area contributed by atoms with Gasteiger partial charge < -0.3 is 21.7 Å². The lowest BCUT2D eigenvalue weighted by molar-refractivity contribution is 0.100. The zero-order valence-electron chi connectivity index (χ0n) is 12.8. The van der Waals surface area contributed by atoms with E-state index >= 15 is 0 Å². The van der Waals surface area contributed by atoms with E-state index in [2.05, 4.69) is 17.1 Å². The van der Waals surface area contributed by atoms with Crippen molar-refractivity contribution in [2.24, 2.45) is 5.73 Å². The van der Waals surface area contributed by atoms with Gasteiger partial charge in [0.1, 0.15) is 0 Å². The van der Waals surface area contributed by atoms with Gasteiger partial charge in [0.05, 0.1) is 16.9 Å². The molecular formula is C16H26N4O. The van der Waals surface area contributed by atoms with Crippen LogP contribution in [-0.4, -0.2) is 36.5 Å². The summed E-state index contributed by atoms with van der Waals surface area (Å²) in [6, 6.07) is 6.02. The number of hydrogen-bond acceptors (Lipinski definition) is 4. The van der Waals surface area contributed by atoms with Crippen LogP contribution in [0.4, 0.5) is 11.4 Å². The van der Waals surface area contributed by atoms with Crippen LogP contribution in [0.2, 0.25) is 0 Å². The van der Waals surface area contributed by atoms with Crippen LogP contribution in [0.3, 0.4) is 0 Å². The minimum atomic E-state index is -0.488. The Labute approximate surface area is 126 Å². The second-order valence-electron chi connectivity index (χ2n) is 5.79. The maximum Gasteiger partial charge on any atom is 0.250 e. The molecular weight excluding hydrogens is 264 g/mol. The standard InChI is InChI=1S/C16H26N4O/c1-12-6-2-3-10-20(12)11-5-9-19-14-8-4-7-13(15(14)17)16(18)21/h4,7-8,12,19H,2-3,5-6,9-11,17H2,1H3,(H2,18,21). The third-order valence-electron chi connectivity index (χ3n) is 4.25. The van der Waals surface area contributed by atoms with Gasteiger partial charge in [-0.15, -0.1) is 0 Å². The molecule has 0 aliphatic carbocycles.